The molecule has 1 heterocycles. The number of rotatable bonds is 9. The van der Waals surface area contributed by atoms with Crippen molar-refractivity contribution in [2.75, 3.05) is 19.8 Å². The Labute approximate surface area is 202 Å². The number of ether oxygens (including phenoxy) is 3. The van der Waals surface area contributed by atoms with E-state index in [2.05, 4.69) is 0 Å². The summed E-state index contributed by atoms with van der Waals surface area (Å²) in [6, 6.07) is 19.7. The minimum absolute atomic E-state index is 0.207. The number of carbonyl (C=O) groups excluding carboxylic acids is 1. The van der Waals surface area contributed by atoms with Crippen LogP contribution in [0.3, 0.4) is 0 Å². The number of hydrogen-bond acceptors (Lipinski definition) is 6. The lowest BCUT2D eigenvalue weighted by Gasteiger charge is -2.16. The zero-order valence-electron chi connectivity index (χ0n) is 19.5. The number of benzene rings is 3. The molecule has 0 fully saturated rings. The number of carbonyl (C=O) groups is 1. The molecule has 0 atom stereocenters. The molecular formula is C28H25FN2O4. The summed E-state index contributed by atoms with van der Waals surface area (Å²) in [4.78, 5) is 16.6. The van der Waals surface area contributed by atoms with Gasteiger partial charge >= 0.3 is 5.97 Å². The van der Waals surface area contributed by atoms with Gasteiger partial charge in [0, 0.05) is 22.7 Å². The first-order valence-corrected chi connectivity index (χ1v) is 11.3. The van der Waals surface area contributed by atoms with E-state index in [0.29, 0.717) is 28.8 Å². The summed E-state index contributed by atoms with van der Waals surface area (Å²) in [5.41, 5.74) is 3.99. The number of aromatic nitrogens is 1. The number of fused-ring (bicyclic) bond motifs is 1. The smallest absolute Gasteiger partial charge is 0.344 e. The average molecular weight is 473 g/mol. The molecule has 0 aliphatic rings. The van der Waals surface area contributed by atoms with Crippen LogP contribution in [0.2, 0.25) is 0 Å². The van der Waals surface area contributed by atoms with Crippen LogP contribution < -0.4 is 9.47 Å². The highest BCUT2D eigenvalue weighted by atomic mass is 19.1. The van der Waals surface area contributed by atoms with Gasteiger partial charge in [-0.2, -0.15) is 0 Å². The number of halogens is 1. The van der Waals surface area contributed by atoms with E-state index in [-0.39, 0.29) is 19.0 Å². The first-order valence-electron chi connectivity index (χ1n) is 11.3. The fraction of sp³-hybridized carbons (Fsp3) is 0.179. The number of para-hydroxylation sites is 1. The van der Waals surface area contributed by atoms with E-state index < -0.39 is 11.8 Å². The summed E-state index contributed by atoms with van der Waals surface area (Å²) in [5, 5.41) is 8.42. The molecule has 178 valence electrons. The van der Waals surface area contributed by atoms with Crippen LogP contribution in [0, 0.1) is 11.2 Å². The molecule has 1 aromatic heterocycles. The molecule has 6 nitrogen and oxygen atoms in total. The number of pyridine rings is 1. The van der Waals surface area contributed by atoms with Gasteiger partial charge in [0.2, 0.25) is 0 Å². The third kappa shape index (κ3) is 5.14. The monoisotopic (exact) mass is 472 g/mol. The van der Waals surface area contributed by atoms with Gasteiger partial charge in [0.1, 0.15) is 17.3 Å². The van der Waals surface area contributed by atoms with E-state index in [1.807, 2.05) is 55.5 Å². The molecule has 0 unspecified atom stereocenters. The highest BCUT2D eigenvalue weighted by Crippen LogP contribution is 2.37. The van der Waals surface area contributed by atoms with Gasteiger partial charge in [-0.25, -0.2) is 14.2 Å². The molecule has 0 saturated carbocycles. The van der Waals surface area contributed by atoms with Gasteiger partial charge in [0.05, 0.1) is 30.0 Å². The van der Waals surface area contributed by atoms with E-state index >= 15 is 0 Å². The second-order valence-corrected chi connectivity index (χ2v) is 7.61. The van der Waals surface area contributed by atoms with Crippen LogP contribution in [0.25, 0.3) is 33.3 Å². The van der Waals surface area contributed by atoms with Gasteiger partial charge < -0.3 is 19.6 Å². The summed E-state index contributed by atoms with van der Waals surface area (Å²) in [7, 11) is 0. The zero-order chi connectivity index (χ0) is 24.8. The Hall–Kier alpha value is -4.26. The van der Waals surface area contributed by atoms with Crippen molar-refractivity contribution in [1.82, 2.24) is 4.98 Å². The average Bonchev–Trinajstić information content (AvgIpc) is 2.87. The van der Waals surface area contributed by atoms with Gasteiger partial charge in [0.15, 0.2) is 6.61 Å². The van der Waals surface area contributed by atoms with Crippen LogP contribution in [-0.4, -0.2) is 37.0 Å². The van der Waals surface area contributed by atoms with Crippen LogP contribution in [0.15, 0.2) is 66.7 Å². The molecule has 4 aromatic rings. The molecule has 35 heavy (non-hydrogen) atoms. The Morgan fingerprint density at radius 1 is 0.971 bits per heavy atom. The van der Waals surface area contributed by atoms with Crippen molar-refractivity contribution < 1.29 is 23.4 Å². The fourth-order valence-corrected chi connectivity index (χ4v) is 3.86. The van der Waals surface area contributed by atoms with Gasteiger partial charge in [-0.3, -0.25) is 0 Å². The molecule has 0 radical (unpaired) electrons. The first kappa shape index (κ1) is 23.9. The predicted octanol–water partition coefficient (Wildman–Crippen LogP) is 6.05. The quantitative estimate of drug-likeness (QED) is 0.237. The topological polar surface area (TPSA) is 81.5 Å². The zero-order valence-corrected chi connectivity index (χ0v) is 19.5. The Morgan fingerprint density at radius 2 is 1.71 bits per heavy atom. The van der Waals surface area contributed by atoms with Crippen molar-refractivity contribution in [3.05, 3.63) is 78.1 Å². The maximum atomic E-state index is 14.0. The van der Waals surface area contributed by atoms with Gasteiger partial charge in [-0.05, 0) is 43.7 Å². The minimum Gasteiger partial charge on any atom is -0.493 e. The van der Waals surface area contributed by atoms with Crippen molar-refractivity contribution in [3.8, 4) is 33.9 Å². The maximum absolute atomic E-state index is 14.0. The van der Waals surface area contributed by atoms with Crippen molar-refractivity contribution in [2.24, 2.45) is 0 Å². The standard InChI is InChI=1S/C28H25FN2O4/c1-3-33-25-8-6-5-7-21(25)18-9-11-19(12-10-18)27-23(16-30)28(35-17-26(32)34-4-2)22-15-20(29)13-14-24(22)31-27/h5-16,30H,3-4,17H2,1-2H3. The summed E-state index contributed by atoms with van der Waals surface area (Å²) in [6.45, 7) is 4.06. The summed E-state index contributed by atoms with van der Waals surface area (Å²) in [5.74, 6) is -0.0216. The minimum atomic E-state index is -0.552. The molecule has 0 bridgehead atoms. The Kier molecular flexibility index (Phi) is 7.35. The molecular weight excluding hydrogens is 447 g/mol. The second-order valence-electron chi connectivity index (χ2n) is 7.61. The van der Waals surface area contributed by atoms with Crippen LogP contribution in [0.5, 0.6) is 11.5 Å². The molecule has 7 heteroatoms. The highest BCUT2D eigenvalue weighted by Gasteiger charge is 2.19. The van der Waals surface area contributed by atoms with E-state index in [9.17, 15) is 9.18 Å². The molecule has 0 aliphatic carbocycles. The predicted molar refractivity (Wildman–Crippen MR) is 134 cm³/mol. The van der Waals surface area contributed by atoms with Crippen molar-refractivity contribution in [1.29, 1.82) is 5.41 Å². The lowest BCUT2D eigenvalue weighted by atomic mass is 9.98. The maximum Gasteiger partial charge on any atom is 0.344 e. The van der Waals surface area contributed by atoms with E-state index in [0.717, 1.165) is 28.7 Å². The van der Waals surface area contributed by atoms with Crippen LogP contribution in [0.1, 0.15) is 19.4 Å². The third-order valence-corrected chi connectivity index (χ3v) is 5.38. The Balaban J connectivity index is 1.80. The number of nitrogens with one attached hydrogen (secondary N) is 1. The van der Waals surface area contributed by atoms with Crippen molar-refractivity contribution in [3.63, 3.8) is 0 Å². The summed E-state index contributed by atoms with van der Waals surface area (Å²) < 4.78 is 30.5. The lowest BCUT2D eigenvalue weighted by molar-refractivity contribution is -0.145. The summed E-state index contributed by atoms with van der Waals surface area (Å²) >= 11 is 0. The SMILES string of the molecule is CCOC(=O)COc1c(C=N)c(-c2ccc(-c3ccccc3OCC)cc2)nc2ccc(F)cc12. The Morgan fingerprint density at radius 3 is 2.43 bits per heavy atom. The highest BCUT2D eigenvalue weighted by molar-refractivity contribution is 6.00. The van der Waals surface area contributed by atoms with Gasteiger partial charge in [-0.1, -0.05) is 42.5 Å². The van der Waals surface area contributed by atoms with Crippen molar-refractivity contribution >= 4 is 23.1 Å². The van der Waals surface area contributed by atoms with E-state index in [4.69, 9.17) is 24.6 Å². The molecule has 0 aliphatic heterocycles. The first-order chi connectivity index (χ1) is 17.0. The van der Waals surface area contributed by atoms with Gasteiger partial charge in [-0.15, -0.1) is 0 Å². The van der Waals surface area contributed by atoms with E-state index in [1.165, 1.54) is 12.1 Å². The van der Waals surface area contributed by atoms with Crippen LogP contribution in [-0.2, 0) is 9.53 Å². The lowest BCUT2D eigenvalue weighted by Crippen LogP contribution is -2.16. The number of hydrogen-bond donors (Lipinski definition) is 1. The van der Waals surface area contributed by atoms with Crippen molar-refractivity contribution in [2.45, 2.75) is 13.8 Å². The molecule has 1 N–H and O–H groups in total. The molecule has 3 aromatic carbocycles. The van der Waals surface area contributed by atoms with Crippen LogP contribution in [0.4, 0.5) is 4.39 Å². The van der Waals surface area contributed by atoms with E-state index in [1.54, 1.807) is 13.0 Å². The second kappa shape index (κ2) is 10.8. The molecule has 0 saturated heterocycles. The summed E-state index contributed by atoms with van der Waals surface area (Å²) in [6.07, 6.45) is 1.10. The number of nitrogens with zero attached hydrogens (tertiary/aromatic N) is 1. The largest absolute Gasteiger partial charge is 0.493 e. The molecule has 0 spiro atoms. The van der Waals surface area contributed by atoms with Crippen LogP contribution >= 0.6 is 0 Å². The molecule has 4 rings (SSSR count). The van der Waals surface area contributed by atoms with Gasteiger partial charge in [0.25, 0.3) is 0 Å². The number of esters is 1. The fourth-order valence-electron chi connectivity index (χ4n) is 3.86. The normalized spacial score (nSPS) is 10.7. The third-order valence-electron chi connectivity index (χ3n) is 5.38. The Bertz CT molecular complexity index is 1370. The molecule has 0 amide bonds.